The van der Waals surface area contributed by atoms with Gasteiger partial charge in [-0.15, -0.1) is 0 Å². The van der Waals surface area contributed by atoms with Crippen LogP contribution in [-0.4, -0.2) is 28.4 Å². The molecule has 4 nitrogen and oxygen atoms in total. The molecule has 0 aliphatic rings. The average molecular weight is 211 g/mol. The summed E-state index contributed by atoms with van der Waals surface area (Å²) in [4.78, 5) is 0. The fourth-order valence-corrected chi connectivity index (χ4v) is 1.28. The molecule has 0 amide bonds. The van der Waals surface area contributed by atoms with E-state index in [1.54, 1.807) is 6.07 Å². The Bertz CT molecular complexity index is 315. The van der Waals surface area contributed by atoms with Gasteiger partial charge >= 0.3 is 0 Å². The second-order valence-corrected chi connectivity index (χ2v) is 3.47. The lowest BCUT2D eigenvalue weighted by molar-refractivity contribution is 0.174. The lowest BCUT2D eigenvalue weighted by atomic mass is 10.1. The first kappa shape index (κ1) is 11.8. The summed E-state index contributed by atoms with van der Waals surface area (Å²) in [6.45, 7) is 3.34. The van der Waals surface area contributed by atoms with Crippen LogP contribution in [0, 0.1) is 0 Å². The van der Waals surface area contributed by atoms with Crippen molar-refractivity contribution in [3.63, 3.8) is 0 Å². The van der Waals surface area contributed by atoms with Gasteiger partial charge in [-0.2, -0.15) is 0 Å². The zero-order valence-electron chi connectivity index (χ0n) is 8.77. The molecular weight excluding hydrogens is 194 g/mol. The maximum absolute atomic E-state index is 9.71. The van der Waals surface area contributed by atoms with Crippen LogP contribution in [0.5, 0.6) is 11.5 Å². The molecule has 0 aromatic heterocycles. The van der Waals surface area contributed by atoms with Crippen LogP contribution >= 0.6 is 0 Å². The summed E-state index contributed by atoms with van der Waals surface area (Å²) in [6, 6.07) is 4.33. The molecule has 1 rings (SSSR count). The number of aliphatic hydroxyl groups is 1. The zero-order valence-corrected chi connectivity index (χ0v) is 8.77. The van der Waals surface area contributed by atoms with Crippen molar-refractivity contribution in [3.8, 4) is 11.5 Å². The predicted octanol–water partition coefficient (Wildman–Crippen LogP) is 1.13. The third-order valence-corrected chi connectivity index (χ3v) is 2.15. The van der Waals surface area contributed by atoms with Crippen LogP contribution in [0.25, 0.3) is 0 Å². The maximum Gasteiger partial charge on any atom is 0.157 e. The Morgan fingerprint density at radius 3 is 2.60 bits per heavy atom. The second-order valence-electron chi connectivity index (χ2n) is 3.47. The van der Waals surface area contributed by atoms with Crippen LogP contribution < -0.4 is 5.32 Å². The third kappa shape index (κ3) is 3.42. The summed E-state index contributed by atoms with van der Waals surface area (Å²) in [5.41, 5.74) is 0.592. The molecule has 0 aliphatic heterocycles. The quantitative estimate of drug-likeness (QED) is 0.435. The van der Waals surface area contributed by atoms with Gasteiger partial charge in [-0.1, -0.05) is 13.0 Å². The summed E-state index contributed by atoms with van der Waals surface area (Å²) in [5.74, 6) is -0.380. The monoisotopic (exact) mass is 211 g/mol. The van der Waals surface area contributed by atoms with Crippen molar-refractivity contribution >= 4 is 0 Å². The van der Waals surface area contributed by atoms with Gasteiger partial charge in [0.15, 0.2) is 11.5 Å². The van der Waals surface area contributed by atoms with E-state index >= 15 is 0 Å². The van der Waals surface area contributed by atoms with Gasteiger partial charge in [0.2, 0.25) is 0 Å². The molecule has 4 N–H and O–H groups in total. The number of aromatic hydroxyl groups is 2. The van der Waals surface area contributed by atoms with E-state index in [1.165, 1.54) is 12.1 Å². The highest BCUT2D eigenvalue weighted by Crippen LogP contribution is 2.27. The Kier molecular flexibility index (Phi) is 4.39. The molecule has 1 aromatic carbocycles. The van der Waals surface area contributed by atoms with Crippen molar-refractivity contribution in [1.29, 1.82) is 0 Å². The Morgan fingerprint density at radius 2 is 2.00 bits per heavy atom. The SMILES string of the molecule is CCCNCC(O)c1ccc(O)c(O)c1. The van der Waals surface area contributed by atoms with Crippen molar-refractivity contribution < 1.29 is 15.3 Å². The summed E-state index contributed by atoms with van der Waals surface area (Å²) in [5, 5.41) is 31.1. The number of hydrogen-bond donors (Lipinski definition) is 4. The Labute approximate surface area is 89.2 Å². The molecule has 0 spiro atoms. The molecule has 15 heavy (non-hydrogen) atoms. The van der Waals surface area contributed by atoms with Crippen molar-refractivity contribution in [1.82, 2.24) is 5.32 Å². The Balaban J connectivity index is 2.57. The fraction of sp³-hybridized carbons (Fsp3) is 0.455. The minimum absolute atomic E-state index is 0.174. The highest BCUT2D eigenvalue weighted by Gasteiger charge is 2.09. The molecular formula is C11H17NO3. The largest absolute Gasteiger partial charge is 0.504 e. The standard InChI is InChI=1S/C11H17NO3/c1-2-5-12-7-11(15)8-3-4-9(13)10(14)6-8/h3-4,6,11-15H,2,5,7H2,1H3. The maximum atomic E-state index is 9.71. The van der Waals surface area contributed by atoms with Gasteiger partial charge in [-0.05, 0) is 30.7 Å². The van der Waals surface area contributed by atoms with E-state index in [1.807, 2.05) is 6.92 Å². The van der Waals surface area contributed by atoms with Crippen LogP contribution in [0.15, 0.2) is 18.2 Å². The van der Waals surface area contributed by atoms with E-state index in [-0.39, 0.29) is 11.5 Å². The van der Waals surface area contributed by atoms with E-state index in [4.69, 9.17) is 5.11 Å². The summed E-state index contributed by atoms with van der Waals surface area (Å²) < 4.78 is 0. The number of phenols is 2. The van der Waals surface area contributed by atoms with Crippen molar-refractivity contribution in [2.75, 3.05) is 13.1 Å². The molecule has 0 bridgehead atoms. The molecule has 1 aromatic rings. The fourth-order valence-electron chi connectivity index (χ4n) is 1.28. The normalized spacial score (nSPS) is 12.7. The van der Waals surface area contributed by atoms with E-state index < -0.39 is 6.10 Å². The summed E-state index contributed by atoms with van der Waals surface area (Å²) in [6.07, 6.45) is 0.344. The van der Waals surface area contributed by atoms with Crippen molar-refractivity contribution in [2.24, 2.45) is 0 Å². The second kappa shape index (κ2) is 5.58. The first-order valence-electron chi connectivity index (χ1n) is 5.05. The topological polar surface area (TPSA) is 72.7 Å². The van der Waals surface area contributed by atoms with Crippen LogP contribution in [-0.2, 0) is 0 Å². The number of aliphatic hydroxyl groups excluding tert-OH is 1. The van der Waals surface area contributed by atoms with Crippen LogP contribution in [0.1, 0.15) is 25.0 Å². The van der Waals surface area contributed by atoms with Gasteiger partial charge in [0.05, 0.1) is 6.10 Å². The lowest BCUT2D eigenvalue weighted by Gasteiger charge is -2.12. The molecule has 0 fully saturated rings. The third-order valence-electron chi connectivity index (χ3n) is 2.15. The van der Waals surface area contributed by atoms with Gasteiger partial charge in [-0.25, -0.2) is 0 Å². The average Bonchev–Trinajstić information content (AvgIpc) is 2.22. The van der Waals surface area contributed by atoms with Gasteiger partial charge in [-0.3, -0.25) is 0 Å². The Hall–Kier alpha value is -1.26. The summed E-state index contributed by atoms with van der Waals surface area (Å²) in [7, 11) is 0. The highest BCUT2D eigenvalue weighted by molar-refractivity contribution is 5.41. The number of hydrogen-bond acceptors (Lipinski definition) is 4. The molecule has 84 valence electrons. The predicted molar refractivity (Wildman–Crippen MR) is 57.9 cm³/mol. The summed E-state index contributed by atoms with van der Waals surface area (Å²) >= 11 is 0. The molecule has 4 heteroatoms. The molecule has 1 atom stereocenters. The zero-order chi connectivity index (χ0) is 11.3. The van der Waals surface area contributed by atoms with E-state index in [2.05, 4.69) is 5.32 Å². The molecule has 1 unspecified atom stereocenters. The number of rotatable bonds is 5. The number of phenolic OH excluding ortho intramolecular Hbond substituents is 2. The number of nitrogens with one attached hydrogen (secondary N) is 1. The van der Waals surface area contributed by atoms with Crippen LogP contribution in [0.4, 0.5) is 0 Å². The molecule has 0 saturated heterocycles. The van der Waals surface area contributed by atoms with E-state index in [0.29, 0.717) is 12.1 Å². The number of benzene rings is 1. The van der Waals surface area contributed by atoms with Crippen LogP contribution in [0.2, 0.25) is 0 Å². The molecule has 0 aliphatic carbocycles. The van der Waals surface area contributed by atoms with Gasteiger partial charge < -0.3 is 20.6 Å². The van der Waals surface area contributed by atoms with Crippen LogP contribution in [0.3, 0.4) is 0 Å². The van der Waals surface area contributed by atoms with E-state index in [0.717, 1.165) is 13.0 Å². The van der Waals surface area contributed by atoms with Crippen molar-refractivity contribution in [3.05, 3.63) is 23.8 Å². The first-order valence-corrected chi connectivity index (χ1v) is 5.05. The highest BCUT2D eigenvalue weighted by atomic mass is 16.3. The van der Waals surface area contributed by atoms with Gasteiger partial charge in [0.1, 0.15) is 0 Å². The lowest BCUT2D eigenvalue weighted by Crippen LogP contribution is -2.21. The molecule has 0 saturated carbocycles. The first-order chi connectivity index (χ1) is 7.15. The van der Waals surface area contributed by atoms with Crippen molar-refractivity contribution in [2.45, 2.75) is 19.4 Å². The minimum Gasteiger partial charge on any atom is -0.504 e. The Morgan fingerprint density at radius 1 is 1.27 bits per heavy atom. The minimum atomic E-state index is -0.664. The van der Waals surface area contributed by atoms with Gasteiger partial charge in [0.25, 0.3) is 0 Å². The van der Waals surface area contributed by atoms with E-state index in [9.17, 15) is 10.2 Å². The van der Waals surface area contributed by atoms with Gasteiger partial charge in [0, 0.05) is 6.54 Å². The molecule has 0 radical (unpaired) electrons. The smallest absolute Gasteiger partial charge is 0.157 e. The molecule has 0 heterocycles.